The summed E-state index contributed by atoms with van der Waals surface area (Å²) >= 11 is 0. The highest BCUT2D eigenvalue weighted by molar-refractivity contribution is 5.85. The van der Waals surface area contributed by atoms with Gasteiger partial charge in [-0.3, -0.25) is 4.79 Å². The van der Waals surface area contributed by atoms with Crippen molar-refractivity contribution in [2.24, 2.45) is 16.7 Å². The Bertz CT molecular complexity index is 991. The molecule has 0 amide bonds. The van der Waals surface area contributed by atoms with Crippen molar-refractivity contribution in [2.45, 2.75) is 75.6 Å². The van der Waals surface area contributed by atoms with E-state index in [1.165, 1.54) is 25.2 Å². The number of hydrogen-bond donors (Lipinski definition) is 2. The third-order valence-corrected chi connectivity index (χ3v) is 9.70. The molecule has 7 heteroatoms. The normalized spacial score (nSPS) is 43.6. The van der Waals surface area contributed by atoms with E-state index in [0.717, 1.165) is 25.0 Å². The van der Waals surface area contributed by atoms with Gasteiger partial charge in [-0.2, -0.15) is 0 Å². The molecule has 1 aromatic carbocycles. The number of hydrogen-bond acceptors (Lipinski definition) is 7. The second-order valence-corrected chi connectivity index (χ2v) is 10.3. The first kappa shape index (κ1) is 21.7. The topological polar surface area (TPSA) is 102 Å². The highest BCUT2D eigenvalue weighted by Crippen LogP contribution is 2.80. The number of ether oxygens (including phenoxy) is 3. The molecule has 4 aliphatic rings. The zero-order valence-corrected chi connectivity index (χ0v) is 19.1. The number of aryl methyl sites for hydroxylation is 1. The molecule has 0 unspecified atom stereocenters. The van der Waals surface area contributed by atoms with Gasteiger partial charge in [-0.15, -0.1) is 0 Å². The fraction of sp³-hybridized carbons (Fsp3) is 0.680. The van der Waals surface area contributed by atoms with Gasteiger partial charge < -0.3 is 24.4 Å². The van der Waals surface area contributed by atoms with Crippen molar-refractivity contribution in [1.29, 1.82) is 0 Å². The molecule has 0 heterocycles. The van der Waals surface area contributed by atoms with Gasteiger partial charge in [-0.05, 0) is 73.6 Å². The van der Waals surface area contributed by atoms with Gasteiger partial charge in [0.25, 0.3) is 0 Å². The van der Waals surface area contributed by atoms with E-state index in [2.05, 4.69) is 12.1 Å². The quantitative estimate of drug-likeness (QED) is 0.691. The minimum atomic E-state index is -2.30. The molecule has 3 saturated carbocycles. The maximum absolute atomic E-state index is 13.0. The molecular formula is C25H32O7. The van der Waals surface area contributed by atoms with Crippen molar-refractivity contribution in [1.82, 2.24) is 0 Å². The van der Waals surface area contributed by atoms with E-state index in [-0.39, 0.29) is 11.8 Å². The van der Waals surface area contributed by atoms with Crippen molar-refractivity contribution < 1.29 is 34.0 Å². The highest BCUT2D eigenvalue weighted by Gasteiger charge is 2.90. The first-order chi connectivity index (χ1) is 15.1. The first-order valence-corrected chi connectivity index (χ1v) is 11.5. The lowest BCUT2D eigenvalue weighted by molar-refractivity contribution is -0.234. The van der Waals surface area contributed by atoms with Crippen LogP contribution in [0.2, 0.25) is 0 Å². The number of methoxy groups -OCH3 is 2. The van der Waals surface area contributed by atoms with Crippen LogP contribution in [0.25, 0.3) is 0 Å². The second-order valence-electron chi connectivity index (χ2n) is 10.3. The number of carbonyl (C=O) groups is 2. The van der Waals surface area contributed by atoms with Gasteiger partial charge in [-0.1, -0.05) is 13.0 Å². The number of rotatable bonds is 3. The molecule has 0 aromatic heterocycles. The number of carbonyl (C=O) groups excluding carboxylic acids is 2. The van der Waals surface area contributed by atoms with Crippen molar-refractivity contribution in [3.05, 3.63) is 29.3 Å². The van der Waals surface area contributed by atoms with Crippen LogP contribution in [0.1, 0.15) is 63.0 Å². The minimum Gasteiger partial charge on any atom is -0.497 e. The summed E-state index contributed by atoms with van der Waals surface area (Å²) in [5, 5.41) is 23.6. The zero-order valence-electron chi connectivity index (χ0n) is 19.1. The lowest BCUT2D eigenvalue weighted by Crippen LogP contribution is -2.67. The summed E-state index contributed by atoms with van der Waals surface area (Å²) in [4.78, 5) is 25.2. The smallest absolute Gasteiger partial charge is 0.344 e. The molecule has 174 valence electrons. The Hall–Kier alpha value is -2.12. The van der Waals surface area contributed by atoms with E-state index in [9.17, 15) is 19.8 Å². The van der Waals surface area contributed by atoms with Crippen LogP contribution in [0.15, 0.2) is 18.2 Å². The largest absolute Gasteiger partial charge is 0.497 e. The van der Waals surface area contributed by atoms with Gasteiger partial charge in [0, 0.05) is 17.8 Å². The number of benzene rings is 1. The predicted octanol–water partition coefficient (Wildman–Crippen LogP) is 2.50. The third-order valence-electron chi connectivity index (χ3n) is 9.70. The molecule has 32 heavy (non-hydrogen) atoms. The summed E-state index contributed by atoms with van der Waals surface area (Å²) in [6.45, 7) is 3.28. The van der Waals surface area contributed by atoms with Crippen LogP contribution in [0.3, 0.4) is 0 Å². The summed E-state index contributed by atoms with van der Waals surface area (Å²) in [6.07, 6.45) is 2.64. The Morgan fingerprint density at radius 2 is 1.88 bits per heavy atom. The van der Waals surface area contributed by atoms with Gasteiger partial charge in [0.05, 0.1) is 14.2 Å². The maximum atomic E-state index is 13.0. The molecule has 4 aliphatic carbocycles. The molecule has 0 radical (unpaired) electrons. The van der Waals surface area contributed by atoms with E-state index in [4.69, 9.17) is 14.2 Å². The van der Waals surface area contributed by atoms with Crippen LogP contribution in [0.4, 0.5) is 0 Å². The summed E-state index contributed by atoms with van der Waals surface area (Å²) in [5.41, 5.74) is -2.81. The second kappa shape index (κ2) is 6.70. The molecule has 2 bridgehead atoms. The van der Waals surface area contributed by atoms with Crippen molar-refractivity contribution in [3.63, 3.8) is 0 Å². The van der Waals surface area contributed by atoms with Crippen LogP contribution in [0, 0.1) is 16.7 Å². The van der Waals surface area contributed by atoms with E-state index in [0.29, 0.717) is 19.3 Å². The molecule has 3 fully saturated rings. The van der Waals surface area contributed by atoms with Gasteiger partial charge in [-0.25, -0.2) is 4.79 Å². The summed E-state index contributed by atoms with van der Waals surface area (Å²) in [6, 6.07) is 6.18. The third kappa shape index (κ3) is 2.15. The van der Waals surface area contributed by atoms with Crippen LogP contribution >= 0.6 is 0 Å². The van der Waals surface area contributed by atoms with Gasteiger partial charge in [0.1, 0.15) is 11.9 Å². The fourth-order valence-corrected chi connectivity index (χ4v) is 8.54. The molecule has 0 aliphatic heterocycles. The van der Waals surface area contributed by atoms with Crippen LogP contribution in [-0.2, 0) is 25.5 Å². The molecular weight excluding hydrogens is 412 g/mol. The number of aliphatic hydroxyl groups excluding tert-OH is 1. The minimum absolute atomic E-state index is 0.0493. The van der Waals surface area contributed by atoms with E-state index in [1.807, 2.05) is 13.0 Å². The molecule has 0 saturated heterocycles. The van der Waals surface area contributed by atoms with E-state index < -0.39 is 40.1 Å². The average molecular weight is 445 g/mol. The monoisotopic (exact) mass is 444 g/mol. The SMILES string of the molecule is COC(=O)[C@]1(O)[C@@H](O)[C@]23CC[C@]1(OC(C)=O)[C@@]2(C)CC[C@@H]1c2ccc(OC)cc2CC[C@H]13. The van der Waals surface area contributed by atoms with E-state index >= 15 is 0 Å². The Morgan fingerprint density at radius 1 is 1.12 bits per heavy atom. The van der Waals surface area contributed by atoms with Crippen molar-refractivity contribution in [3.8, 4) is 5.75 Å². The van der Waals surface area contributed by atoms with Crippen molar-refractivity contribution in [2.75, 3.05) is 14.2 Å². The maximum Gasteiger partial charge on any atom is 0.344 e. The van der Waals surface area contributed by atoms with Crippen LogP contribution < -0.4 is 4.74 Å². The van der Waals surface area contributed by atoms with Gasteiger partial charge >= 0.3 is 11.9 Å². The zero-order chi connectivity index (χ0) is 23.1. The molecule has 7 atom stereocenters. The molecule has 7 nitrogen and oxygen atoms in total. The first-order valence-electron chi connectivity index (χ1n) is 11.5. The van der Waals surface area contributed by atoms with Crippen molar-refractivity contribution >= 4 is 11.9 Å². The Balaban J connectivity index is 1.68. The Kier molecular flexibility index (Phi) is 4.55. The molecule has 0 spiro atoms. The molecule has 2 N–H and O–H groups in total. The Morgan fingerprint density at radius 3 is 2.53 bits per heavy atom. The molecule has 1 aromatic rings. The summed E-state index contributed by atoms with van der Waals surface area (Å²) < 4.78 is 16.3. The predicted molar refractivity (Wildman–Crippen MR) is 114 cm³/mol. The summed E-state index contributed by atoms with van der Waals surface area (Å²) in [7, 11) is 2.85. The number of esters is 2. The lowest BCUT2D eigenvalue weighted by Gasteiger charge is -2.57. The average Bonchev–Trinajstić information content (AvgIpc) is 3.11. The molecule has 5 rings (SSSR count). The van der Waals surface area contributed by atoms with Crippen LogP contribution in [0.5, 0.6) is 5.75 Å². The highest BCUT2D eigenvalue weighted by atomic mass is 16.6. The van der Waals surface area contributed by atoms with E-state index in [1.54, 1.807) is 7.11 Å². The Labute approximate surface area is 188 Å². The standard InChI is InChI=1S/C25H32O7/c1-14(26)32-24-12-11-23(20(27)25(24,29)21(28)31-4)19-8-5-15-13-16(30-3)6-7-17(15)18(19)9-10-22(23,24)2/h6-7,13,18-20,27,29H,5,8-12H2,1-4H3/t18-,19-,20+,22+,23-,24+,25-/m1/s1. The lowest BCUT2D eigenvalue weighted by atomic mass is 9.47. The fourth-order valence-electron chi connectivity index (χ4n) is 8.54. The number of fused-ring (bicyclic) bond motifs is 3. The van der Waals surface area contributed by atoms with Gasteiger partial charge in [0.15, 0.2) is 5.60 Å². The number of aliphatic hydroxyl groups is 2. The van der Waals surface area contributed by atoms with Crippen LogP contribution in [-0.4, -0.2) is 53.7 Å². The van der Waals surface area contributed by atoms with Gasteiger partial charge in [0.2, 0.25) is 5.60 Å². The summed E-state index contributed by atoms with van der Waals surface area (Å²) in [5.74, 6) is -0.425.